The normalized spacial score (nSPS) is 25.0. The highest BCUT2D eigenvalue weighted by Crippen LogP contribution is 2.47. The number of benzene rings is 1. The molecule has 1 aliphatic heterocycles. The molecular weight excluding hydrogens is 390 g/mol. The van der Waals surface area contributed by atoms with E-state index in [9.17, 15) is 14.7 Å². The minimum absolute atomic E-state index is 0.0389. The van der Waals surface area contributed by atoms with Crippen LogP contribution in [0, 0.1) is 11.3 Å². The van der Waals surface area contributed by atoms with Crippen LogP contribution < -0.4 is 9.47 Å². The van der Waals surface area contributed by atoms with E-state index in [0.29, 0.717) is 37.1 Å². The molecule has 0 radical (unpaired) electrons. The lowest BCUT2D eigenvalue weighted by atomic mass is 9.72. The van der Waals surface area contributed by atoms with E-state index in [-0.39, 0.29) is 22.7 Å². The molecule has 1 saturated carbocycles. The standard InChI is InChI=1S/C22H31NO5S/c1-14(24)22(3)13-23(21(26)12-29-15(2)25)10-18(22)17-7-8-19(27-4)20(9-17)28-11-16-5-6-16/h7-9,14,16,18,24H,5-6,10-13H2,1-4H3/t14-,18+,22?/m1/s1. The first kappa shape index (κ1) is 22.0. The minimum atomic E-state index is -0.594. The Balaban J connectivity index is 1.83. The molecular formula is C22H31NO5S. The van der Waals surface area contributed by atoms with Gasteiger partial charge in [0.1, 0.15) is 0 Å². The third kappa shape index (κ3) is 5.07. The molecule has 1 amide bonds. The van der Waals surface area contributed by atoms with Crippen LogP contribution in [0.1, 0.15) is 45.1 Å². The number of aliphatic hydroxyl groups excluding tert-OH is 1. The highest BCUT2D eigenvalue weighted by molar-refractivity contribution is 8.14. The van der Waals surface area contributed by atoms with Crippen molar-refractivity contribution < 1.29 is 24.2 Å². The Labute approximate surface area is 176 Å². The molecule has 3 rings (SSSR count). The number of likely N-dealkylation sites (tertiary alicyclic amines) is 1. The van der Waals surface area contributed by atoms with E-state index in [1.807, 2.05) is 25.1 Å². The molecule has 3 atom stereocenters. The van der Waals surface area contributed by atoms with Gasteiger partial charge in [0.25, 0.3) is 0 Å². The third-order valence-electron chi connectivity index (χ3n) is 6.20. The summed E-state index contributed by atoms with van der Waals surface area (Å²) in [5, 5.41) is 10.5. The van der Waals surface area contributed by atoms with Crippen LogP contribution in [-0.4, -0.2) is 59.7 Å². The lowest BCUT2D eigenvalue weighted by molar-refractivity contribution is -0.128. The summed E-state index contributed by atoms with van der Waals surface area (Å²) < 4.78 is 11.5. The Kier molecular flexibility index (Phi) is 6.79. The van der Waals surface area contributed by atoms with Crippen LogP contribution in [0.5, 0.6) is 11.5 Å². The molecule has 1 N–H and O–H groups in total. The van der Waals surface area contributed by atoms with Gasteiger partial charge in [-0.2, -0.15) is 0 Å². The predicted molar refractivity (Wildman–Crippen MR) is 113 cm³/mol. The van der Waals surface area contributed by atoms with Crippen LogP contribution in [-0.2, 0) is 9.59 Å². The molecule has 0 spiro atoms. The minimum Gasteiger partial charge on any atom is -0.493 e. The zero-order valence-electron chi connectivity index (χ0n) is 17.6. The van der Waals surface area contributed by atoms with Crippen molar-refractivity contribution in [3.05, 3.63) is 23.8 Å². The number of carbonyl (C=O) groups is 2. The zero-order valence-corrected chi connectivity index (χ0v) is 18.5. The Morgan fingerprint density at radius 3 is 2.66 bits per heavy atom. The van der Waals surface area contributed by atoms with Gasteiger partial charge in [0, 0.05) is 31.3 Å². The van der Waals surface area contributed by atoms with E-state index in [4.69, 9.17) is 9.47 Å². The van der Waals surface area contributed by atoms with Crippen molar-refractivity contribution in [1.29, 1.82) is 0 Å². The van der Waals surface area contributed by atoms with Crippen molar-refractivity contribution in [2.45, 2.75) is 45.6 Å². The first-order chi connectivity index (χ1) is 13.7. The summed E-state index contributed by atoms with van der Waals surface area (Å²) >= 11 is 1.03. The summed E-state index contributed by atoms with van der Waals surface area (Å²) in [6.07, 6.45) is 1.82. The zero-order chi connectivity index (χ0) is 21.2. The lowest BCUT2D eigenvalue weighted by Gasteiger charge is -2.33. The highest BCUT2D eigenvalue weighted by atomic mass is 32.2. The molecule has 6 nitrogen and oxygen atoms in total. The van der Waals surface area contributed by atoms with Crippen molar-refractivity contribution >= 4 is 22.8 Å². The second kappa shape index (κ2) is 8.96. The Bertz CT molecular complexity index is 764. The second-order valence-corrected chi connectivity index (χ2v) is 9.61. The van der Waals surface area contributed by atoms with Gasteiger partial charge in [0.2, 0.25) is 5.91 Å². The SMILES string of the molecule is COc1ccc([C@@H]2CN(C(=O)CSC(C)=O)CC2(C)[C@@H](C)O)cc1OCC1CC1. The van der Waals surface area contributed by atoms with Gasteiger partial charge in [-0.05, 0) is 43.4 Å². The Hall–Kier alpha value is -1.73. The first-order valence-corrected chi connectivity index (χ1v) is 11.1. The molecule has 1 aliphatic carbocycles. The topological polar surface area (TPSA) is 76.1 Å². The van der Waals surface area contributed by atoms with Crippen LogP contribution in [0.15, 0.2) is 18.2 Å². The molecule has 1 saturated heterocycles. The number of ether oxygens (including phenoxy) is 2. The Morgan fingerprint density at radius 1 is 1.34 bits per heavy atom. The largest absolute Gasteiger partial charge is 0.493 e. The van der Waals surface area contributed by atoms with E-state index in [1.165, 1.54) is 19.8 Å². The quantitative estimate of drug-likeness (QED) is 0.695. The number of hydrogen-bond acceptors (Lipinski definition) is 6. The van der Waals surface area contributed by atoms with Crippen LogP contribution in [0.2, 0.25) is 0 Å². The van der Waals surface area contributed by atoms with Crippen molar-refractivity contribution in [2.24, 2.45) is 11.3 Å². The summed E-state index contributed by atoms with van der Waals surface area (Å²) in [6, 6.07) is 5.88. The van der Waals surface area contributed by atoms with Crippen LogP contribution in [0.25, 0.3) is 0 Å². The fourth-order valence-corrected chi connectivity index (χ4v) is 4.39. The van der Waals surface area contributed by atoms with Gasteiger partial charge in [-0.3, -0.25) is 9.59 Å². The summed E-state index contributed by atoms with van der Waals surface area (Å²) in [5.41, 5.74) is 0.536. The number of rotatable bonds is 8. The van der Waals surface area contributed by atoms with Gasteiger partial charge in [0.15, 0.2) is 16.6 Å². The number of amides is 1. The van der Waals surface area contributed by atoms with Crippen molar-refractivity contribution in [3.8, 4) is 11.5 Å². The average Bonchev–Trinajstić information content (AvgIpc) is 3.44. The molecule has 1 aromatic carbocycles. The van der Waals surface area contributed by atoms with Crippen molar-refractivity contribution in [3.63, 3.8) is 0 Å². The van der Waals surface area contributed by atoms with E-state index < -0.39 is 11.5 Å². The van der Waals surface area contributed by atoms with E-state index in [1.54, 1.807) is 18.9 Å². The van der Waals surface area contributed by atoms with Gasteiger partial charge in [-0.25, -0.2) is 0 Å². The summed E-state index contributed by atoms with van der Waals surface area (Å²) in [5.74, 6) is 2.06. The number of hydrogen-bond donors (Lipinski definition) is 1. The molecule has 2 fully saturated rings. The molecule has 29 heavy (non-hydrogen) atoms. The molecule has 0 bridgehead atoms. The smallest absolute Gasteiger partial charge is 0.233 e. The van der Waals surface area contributed by atoms with E-state index >= 15 is 0 Å². The van der Waals surface area contributed by atoms with E-state index in [0.717, 1.165) is 17.3 Å². The average molecular weight is 422 g/mol. The first-order valence-electron chi connectivity index (χ1n) is 10.1. The maximum absolute atomic E-state index is 12.6. The monoisotopic (exact) mass is 421 g/mol. The Morgan fingerprint density at radius 2 is 2.07 bits per heavy atom. The van der Waals surface area contributed by atoms with Gasteiger partial charge >= 0.3 is 0 Å². The predicted octanol–water partition coefficient (Wildman–Crippen LogP) is 3.08. The summed E-state index contributed by atoms with van der Waals surface area (Å²) in [7, 11) is 1.63. The fourth-order valence-electron chi connectivity index (χ4n) is 3.88. The van der Waals surface area contributed by atoms with Crippen LogP contribution in [0.4, 0.5) is 0 Å². The molecule has 7 heteroatoms. The number of aliphatic hydroxyl groups is 1. The number of nitrogens with zero attached hydrogens (tertiary/aromatic N) is 1. The van der Waals surface area contributed by atoms with Gasteiger partial charge in [0.05, 0.1) is 25.6 Å². The molecule has 2 aliphatic rings. The summed E-state index contributed by atoms with van der Waals surface area (Å²) in [4.78, 5) is 25.6. The number of methoxy groups -OCH3 is 1. The second-order valence-electron chi connectivity index (χ2n) is 8.45. The van der Waals surface area contributed by atoms with Gasteiger partial charge in [-0.1, -0.05) is 24.8 Å². The van der Waals surface area contributed by atoms with Gasteiger partial charge in [-0.15, -0.1) is 0 Å². The fraction of sp³-hybridized carbons (Fsp3) is 0.636. The van der Waals surface area contributed by atoms with Crippen LogP contribution in [0.3, 0.4) is 0 Å². The molecule has 0 aromatic heterocycles. The van der Waals surface area contributed by atoms with E-state index in [2.05, 4.69) is 0 Å². The van der Waals surface area contributed by atoms with Crippen LogP contribution >= 0.6 is 11.8 Å². The van der Waals surface area contributed by atoms with Gasteiger partial charge < -0.3 is 19.5 Å². The highest BCUT2D eigenvalue weighted by Gasteiger charge is 2.48. The van der Waals surface area contributed by atoms with Crippen molar-refractivity contribution in [2.75, 3.05) is 32.6 Å². The molecule has 1 heterocycles. The molecule has 1 aromatic rings. The molecule has 1 unspecified atom stereocenters. The summed E-state index contributed by atoms with van der Waals surface area (Å²) in [6.45, 7) is 6.90. The number of thioether (sulfide) groups is 1. The molecule has 160 valence electrons. The lowest BCUT2D eigenvalue weighted by Crippen LogP contribution is -2.38. The van der Waals surface area contributed by atoms with Crippen molar-refractivity contribution in [1.82, 2.24) is 4.90 Å². The number of carbonyl (C=O) groups excluding carboxylic acids is 2. The maximum Gasteiger partial charge on any atom is 0.233 e. The maximum atomic E-state index is 12.6. The third-order valence-corrected chi connectivity index (χ3v) is 7.00.